The Hall–Kier alpha value is -4.13. The Kier molecular flexibility index (Phi) is 6.40. The summed E-state index contributed by atoms with van der Waals surface area (Å²) in [6.45, 7) is 2.41. The number of amides is 1. The standard InChI is InChI=1S/C26H26N4O3/c1-2-15-29(22(31)16-20-13-8-12-19-11-6-7-14-21(19)20)23-24(27)30(26(33)28-25(23)32)17-18-9-4-3-5-10-18/h3-14H,2,15-17,27H2,1H3,(H,28,32,33). The molecule has 0 unspecified atom stereocenters. The Morgan fingerprint density at radius 1 is 0.970 bits per heavy atom. The number of nitrogens with one attached hydrogen (secondary N) is 1. The van der Waals surface area contributed by atoms with Crippen molar-refractivity contribution in [1.29, 1.82) is 0 Å². The van der Waals surface area contributed by atoms with E-state index in [1.807, 2.05) is 79.7 Å². The molecule has 0 saturated carbocycles. The highest BCUT2D eigenvalue weighted by molar-refractivity contribution is 5.99. The van der Waals surface area contributed by atoms with Crippen molar-refractivity contribution in [3.05, 3.63) is 105 Å². The minimum atomic E-state index is -0.665. The fourth-order valence-electron chi connectivity index (χ4n) is 4.05. The van der Waals surface area contributed by atoms with Crippen LogP contribution in [0.3, 0.4) is 0 Å². The third kappa shape index (κ3) is 4.57. The summed E-state index contributed by atoms with van der Waals surface area (Å²) in [7, 11) is 0. The fourth-order valence-corrected chi connectivity index (χ4v) is 4.05. The van der Waals surface area contributed by atoms with E-state index >= 15 is 0 Å². The van der Waals surface area contributed by atoms with E-state index < -0.39 is 11.2 Å². The number of fused-ring (bicyclic) bond motifs is 1. The van der Waals surface area contributed by atoms with E-state index in [0.717, 1.165) is 21.9 Å². The lowest BCUT2D eigenvalue weighted by Gasteiger charge is -2.24. The van der Waals surface area contributed by atoms with Gasteiger partial charge >= 0.3 is 5.69 Å². The largest absolute Gasteiger partial charge is 0.383 e. The van der Waals surface area contributed by atoms with E-state index in [-0.39, 0.29) is 30.4 Å². The molecule has 0 atom stereocenters. The number of carbonyl (C=O) groups excluding carboxylic acids is 1. The Morgan fingerprint density at radius 3 is 2.42 bits per heavy atom. The van der Waals surface area contributed by atoms with Gasteiger partial charge in [0.1, 0.15) is 5.82 Å². The first-order chi connectivity index (χ1) is 16.0. The van der Waals surface area contributed by atoms with Gasteiger partial charge in [0.25, 0.3) is 5.56 Å². The molecule has 33 heavy (non-hydrogen) atoms. The first-order valence-electron chi connectivity index (χ1n) is 10.9. The predicted molar refractivity (Wildman–Crippen MR) is 132 cm³/mol. The number of benzene rings is 3. The first kappa shape index (κ1) is 22.1. The van der Waals surface area contributed by atoms with Gasteiger partial charge in [-0.25, -0.2) is 4.79 Å². The number of aromatic nitrogens is 2. The van der Waals surface area contributed by atoms with Gasteiger partial charge in [0.2, 0.25) is 5.91 Å². The molecule has 7 heteroatoms. The van der Waals surface area contributed by atoms with Crippen molar-refractivity contribution in [3.63, 3.8) is 0 Å². The van der Waals surface area contributed by atoms with Crippen molar-refractivity contribution < 1.29 is 4.79 Å². The second kappa shape index (κ2) is 9.56. The Balaban J connectivity index is 1.74. The zero-order valence-corrected chi connectivity index (χ0v) is 18.5. The summed E-state index contributed by atoms with van der Waals surface area (Å²) in [6.07, 6.45) is 0.732. The maximum atomic E-state index is 13.4. The Labute approximate surface area is 191 Å². The van der Waals surface area contributed by atoms with Crippen molar-refractivity contribution in [2.24, 2.45) is 0 Å². The molecule has 0 radical (unpaired) electrons. The third-order valence-electron chi connectivity index (χ3n) is 5.64. The SMILES string of the molecule is CCCN(C(=O)Cc1cccc2ccccc12)c1c(N)n(Cc2ccccc2)c(=O)[nH]c1=O. The lowest BCUT2D eigenvalue weighted by molar-refractivity contribution is -0.118. The van der Waals surface area contributed by atoms with Gasteiger partial charge in [-0.05, 0) is 28.3 Å². The van der Waals surface area contributed by atoms with Gasteiger partial charge in [-0.3, -0.25) is 19.1 Å². The van der Waals surface area contributed by atoms with E-state index in [4.69, 9.17) is 5.73 Å². The zero-order valence-electron chi connectivity index (χ0n) is 18.5. The first-order valence-corrected chi connectivity index (χ1v) is 10.9. The monoisotopic (exact) mass is 442 g/mol. The molecule has 3 aromatic carbocycles. The maximum absolute atomic E-state index is 13.4. The molecule has 1 heterocycles. The van der Waals surface area contributed by atoms with Gasteiger partial charge < -0.3 is 10.6 Å². The zero-order chi connectivity index (χ0) is 23.4. The van der Waals surface area contributed by atoms with E-state index in [0.29, 0.717) is 13.0 Å². The van der Waals surface area contributed by atoms with Gasteiger partial charge in [-0.15, -0.1) is 0 Å². The van der Waals surface area contributed by atoms with Crippen LogP contribution in [0.2, 0.25) is 0 Å². The van der Waals surface area contributed by atoms with Crippen LogP contribution in [0.25, 0.3) is 10.8 Å². The van der Waals surface area contributed by atoms with Crippen molar-refractivity contribution in [2.45, 2.75) is 26.3 Å². The van der Waals surface area contributed by atoms with Crippen LogP contribution in [0.15, 0.2) is 82.4 Å². The van der Waals surface area contributed by atoms with Gasteiger partial charge in [-0.1, -0.05) is 79.7 Å². The lowest BCUT2D eigenvalue weighted by Crippen LogP contribution is -2.42. The number of anilines is 2. The van der Waals surface area contributed by atoms with Crippen LogP contribution in [0.1, 0.15) is 24.5 Å². The number of nitrogens with two attached hydrogens (primary N) is 1. The summed E-state index contributed by atoms with van der Waals surface area (Å²) in [4.78, 5) is 42.5. The molecule has 0 saturated heterocycles. The number of carbonyl (C=O) groups is 1. The van der Waals surface area contributed by atoms with Crippen LogP contribution < -0.4 is 21.9 Å². The van der Waals surface area contributed by atoms with Crippen LogP contribution in [0.5, 0.6) is 0 Å². The number of rotatable bonds is 7. The molecule has 168 valence electrons. The molecule has 1 amide bonds. The predicted octanol–water partition coefficient (Wildman–Crippen LogP) is 3.31. The third-order valence-corrected chi connectivity index (χ3v) is 5.64. The quantitative estimate of drug-likeness (QED) is 0.458. The van der Waals surface area contributed by atoms with E-state index in [1.54, 1.807) is 0 Å². The summed E-state index contributed by atoms with van der Waals surface area (Å²) in [5.41, 5.74) is 6.80. The second-order valence-electron chi connectivity index (χ2n) is 7.93. The van der Waals surface area contributed by atoms with Crippen LogP contribution in [0, 0.1) is 0 Å². The van der Waals surface area contributed by atoms with Gasteiger partial charge in [0.05, 0.1) is 13.0 Å². The summed E-state index contributed by atoms with van der Waals surface area (Å²) in [6, 6.07) is 23.0. The molecule has 4 aromatic rings. The summed E-state index contributed by atoms with van der Waals surface area (Å²) in [5.74, 6) is -0.275. The van der Waals surface area contributed by atoms with E-state index in [9.17, 15) is 14.4 Å². The second-order valence-corrected chi connectivity index (χ2v) is 7.93. The number of H-pyrrole nitrogens is 1. The van der Waals surface area contributed by atoms with Crippen LogP contribution in [-0.2, 0) is 17.8 Å². The van der Waals surface area contributed by atoms with Crippen molar-refractivity contribution in [2.75, 3.05) is 17.2 Å². The minimum absolute atomic E-state index is 0.0117. The number of aromatic amines is 1. The number of nitrogens with zero attached hydrogens (tertiary/aromatic N) is 2. The molecule has 0 aliphatic carbocycles. The average Bonchev–Trinajstić information content (AvgIpc) is 2.82. The molecule has 0 aliphatic rings. The van der Waals surface area contributed by atoms with Crippen LogP contribution in [0.4, 0.5) is 11.5 Å². The fraction of sp³-hybridized carbons (Fsp3) is 0.192. The molecule has 0 fully saturated rings. The highest BCUT2D eigenvalue weighted by atomic mass is 16.2. The summed E-state index contributed by atoms with van der Waals surface area (Å²) in [5, 5.41) is 2.03. The molecular weight excluding hydrogens is 416 g/mol. The van der Waals surface area contributed by atoms with Crippen LogP contribution >= 0.6 is 0 Å². The van der Waals surface area contributed by atoms with Gasteiger partial charge in [0, 0.05) is 6.54 Å². The van der Waals surface area contributed by atoms with E-state index in [2.05, 4.69) is 4.98 Å². The highest BCUT2D eigenvalue weighted by Gasteiger charge is 2.24. The van der Waals surface area contributed by atoms with E-state index in [1.165, 1.54) is 9.47 Å². The Bertz CT molecular complexity index is 1400. The van der Waals surface area contributed by atoms with Gasteiger partial charge in [0.15, 0.2) is 5.69 Å². The lowest BCUT2D eigenvalue weighted by atomic mass is 10.0. The maximum Gasteiger partial charge on any atom is 0.330 e. The molecule has 0 aliphatic heterocycles. The van der Waals surface area contributed by atoms with Crippen molar-refractivity contribution in [1.82, 2.24) is 9.55 Å². The molecule has 0 spiro atoms. The van der Waals surface area contributed by atoms with Crippen molar-refractivity contribution >= 4 is 28.2 Å². The molecule has 1 aromatic heterocycles. The average molecular weight is 443 g/mol. The normalized spacial score (nSPS) is 10.9. The number of hydrogen-bond acceptors (Lipinski definition) is 4. The smallest absolute Gasteiger partial charge is 0.330 e. The Morgan fingerprint density at radius 2 is 1.67 bits per heavy atom. The van der Waals surface area contributed by atoms with Crippen LogP contribution in [-0.4, -0.2) is 22.0 Å². The summed E-state index contributed by atoms with van der Waals surface area (Å²) >= 11 is 0. The molecule has 0 bridgehead atoms. The molecule has 4 rings (SSSR count). The summed E-state index contributed by atoms with van der Waals surface area (Å²) < 4.78 is 1.29. The number of hydrogen-bond donors (Lipinski definition) is 2. The van der Waals surface area contributed by atoms with Crippen molar-refractivity contribution in [3.8, 4) is 0 Å². The van der Waals surface area contributed by atoms with Gasteiger partial charge in [-0.2, -0.15) is 0 Å². The topological polar surface area (TPSA) is 101 Å². The molecule has 7 nitrogen and oxygen atoms in total. The molecule has 3 N–H and O–H groups in total. The molecular formula is C26H26N4O3. The number of nitrogen functional groups attached to an aromatic ring is 1. The minimum Gasteiger partial charge on any atom is -0.383 e. The highest BCUT2D eigenvalue weighted by Crippen LogP contribution is 2.23.